The normalized spacial score (nSPS) is 10.7. The topological polar surface area (TPSA) is 54.9 Å². The zero-order valence-electron chi connectivity index (χ0n) is 14.2. The smallest absolute Gasteiger partial charge is 0.255 e. The second-order valence-electron chi connectivity index (χ2n) is 5.45. The summed E-state index contributed by atoms with van der Waals surface area (Å²) in [6.07, 6.45) is 1.96. The average Bonchev–Trinajstić information content (AvgIpc) is 3.11. The Morgan fingerprint density at radius 3 is 2.65 bits per heavy atom. The standard InChI is InChI=1S/C18H16ClN3OS3/c1-11-3-8-14(9-15(11)19)20-16(23)13-6-4-12(5-7-13)10-25-18-21-17(24-2)22-26-18/h3-9H,10H2,1-2H3,(H,20,23). The highest BCUT2D eigenvalue weighted by molar-refractivity contribution is 8.00. The van der Waals surface area contributed by atoms with Gasteiger partial charge < -0.3 is 5.32 Å². The van der Waals surface area contributed by atoms with Crippen molar-refractivity contribution in [2.75, 3.05) is 11.6 Å². The Hall–Kier alpha value is -1.54. The molecule has 8 heteroatoms. The van der Waals surface area contributed by atoms with Crippen molar-refractivity contribution in [3.63, 3.8) is 0 Å². The van der Waals surface area contributed by atoms with Crippen molar-refractivity contribution in [2.24, 2.45) is 0 Å². The number of carbonyl (C=O) groups excluding carboxylic acids is 1. The molecule has 4 nitrogen and oxygen atoms in total. The lowest BCUT2D eigenvalue weighted by atomic mass is 10.1. The number of halogens is 1. The van der Waals surface area contributed by atoms with Crippen molar-refractivity contribution in [1.82, 2.24) is 9.36 Å². The molecule has 0 saturated heterocycles. The van der Waals surface area contributed by atoms with Crippen LogP contribution in [0.25, 0.3) is 0 Å². The number of anilines is 1. The minimum atomic E-state index is -0.155. The van der Waals surface area contributed by atoms with Gasteiger partial charge in [-0.3, -0.25) is 4.79 Å². The fourth-order valence-electron chi connectivity index (χ4n) is 2.11. The molecular weight excluding hydrogens is 406 g/mol. The third-order valence-corrected chi connectivity index (χ3v) is 6.55. The lowest BCUT2D eigenvalue weighted by Crippen LogP contribution is -2.11. The average molecular weight is 422 g/mol. The fraction of sp³-hybridized carbons (Fsp3) is 0.167. The summed E-state index contributed by atoms with van der Waals surface area (Å²) in [7, 11) is 0. The van der Waals surface area contributed by atoms with E-state index < -0.39 is 0 Å². The summed E-state index contributed by atoms with van der Waals surface area (Å²) < 4.78 is 5.20. The maximum atomic E-state index is 12.4. The number of carbonyl (C=O) groups is 1. The summed E-state index contributed by atoms with van der Waals surface area (Å²) in [6.45, 7) is 1.92. The Labute approximate surface area is 169 Å². The summed E-state index contributed by atoms with van der Waals surface area (Å²) in [5.74, 6) is 0.635. The molecule has 1 amide bonds. The number of nitrogens with zero attached hydrogens (tertiary/aromatic N) is 2. The van der Waals surface area contributed by atoms with Gasteiger partial charge in [0.2, 0.25) is 5.16 Å². The van der Waals surface area contributed by atoms with E-state index >= 15 is 0 Å². The molecule has 134 valence electrons. The van der Waals surface area contributed by atoms with Gasteiger partial charge in [0.15, 0.2) is 4.34 Å². The van der Waals surface area contributed by atoms with Crippen LogP contribution in [0.4, 0.5) is 5.69 Å². The Morgan fingerprint density at radius 2 is 2.00 bits per heavy atom. The molecular formula is C18H16ClN3OS3. The van der Waals surface area contributed by atoms with Gasteiger partial charge in [-0.2, -0.15) is 4.37 Å². The maximum absolute atomic E-state index is 12.4. The van der Waals surface area contributed by atoms with E-state index in [4.69, 9.17) is 11.6 Å². The first kappa shape index (κ1) is 19.2. The molecule has 0 bridgehead atoms. The third-order valence-electron chi connectivity index (χ3n) is 3.58. The number of hydrogen-bond donors (Lipinski definition) is 1. The van der Waals surface area contributed by atoms with Crippen molar-refractivity contribution in [1.29, 1.82) is 0 Å². The van der Waals surface area contributed by atoms with Crippen molar-refractivity contribution in [2.45, 2.75) is 22.2 Å². The number of amides is 1. The molecule has 1 aromatic heterocycles. The van der Waals surface area contributed by atoms with Crippen molar-refractivity contribution in [3.05, 3.63) is 64.2 Å². The minimum Gasteiger partial charge on any atom is -0.322 e. The van der Waals surface area contributed by atoms with Crippen LogP contribution in [0.15, 0.2) is 52.0 Å². The monoisotopic (exact) mass is 421 g/mol. The second kappa shape index (κ2) is 8.90. The van der Waals surface area contributed by atoms with E-state index in [9.17, 15) is 4.79 Å². The van der Waals surface area contributed by atoms with Crippen LogP contribution in [-0.2, 0) is 5.75 Å². The van der Waals surface area contributed by atoms with Gasteiger partial charge in [0.05, 0.1) is 0 Å². The summed E-state index contributed by atoms with van der Waals surface area (Å²) in [5, 5.41) is 4.31. The van der Waals surface area contributed by atoms with Crippen molar-refractivity contribution < 1.29 is 4.79 Å². The first-order valence-electron chi connectivity index (χ1n) is 7.72. The molecule has 0 fully saturated rings. The fourth-order valence-corrected chi connectivity index (χ4v) is 4.46. The largest absolute Gasteiger partial charge is 0.322 e. The van der Waals surface area contributed by atoms with Gasteiger partial charge in [0.25, 0.3) is 5.91 Å². The van der Waals surface area contributed by atoms with E-state index in [2.05, 4.69) is 14.7 Å². The van der Waals surface area contributed by atoms with E-state index in [1.165, 1.54) is 11.5 Å². The van der Waals surface area contributed by atoms with Crippen molar-refractivity contribution >= 4 is 58.3 Å². The Morgan fingerprint density at radius 1 is 1.23 bits per heavy atom. The molecule has 0 spiro atoms. The van der Waals surface area contributed by atoms with Crippen LogP contribution in [0.3, 0.4) is 0 Å². The molecule has 0 aliphatic rings. The van der Waals surface area contributed by atoms with E-state index in [0.717, 1.165) is 26.4 Å². The molecule has 0 unspecified atom stereocenters. The van der Waals surface area contributed by atoms with Crippen LogP contribution in [-0.4, -0.2) is 21.5 Å². The molecule has 1 N–H and O–H groups in total. The lowest BCUT2D eigenvalue weighted by molar-refractivity contribution is 0.102. The van der Waals surface area contributed by atoms with E-state index in [1.807, 2.05) is 49.6 Å². The molecule has 3 aromatic rings. The van der Waals surface area contributed by atoms with Crippen molar-refractivity contribution in [3.8, 4) is 0 Å². The Bertz CT molecular complexity index is 912. The third kappa shape index (κ3) is 5.01. The molecule has 0 saturated carbocycles. The number of hydrogen-bond acceptors (Lipinski definition) is 6. The molecule has 0 atom stereocenters. The van der Waals surface area contributed by atoms with Gasteiger partial charge in [-0.05, 0) is 60.1 Å². The van der Waals surface area contributed by atoms with Crippen LogP contribution in [0.5, 0.6) is 0 Å². The number of benzene rings is 2. The summed E-state index contributed by atoms with van der Waals surface area (Å²) >= 11 is 10.7. The van der Waals surface area contributed by atoms with E-state index in [0.29, 0.717) is 16.3 Å². The predicted molar refractivity (Wildman–Crippen MR) is 112 cm³/mol. The Kier molecular flexibility index (Phi) is 6.58. The second-order valence-corrected chi connectivity index (χ2v) is 8.61. The van der Waals surface area contributed by atoms with Crippen LogP contribution < -0.4 is 5.32 Å². The number of rotatable bonds is 6. The molecule has 2 aromatic carbocycles. The molecule has 26 heavy (non-hydrogen) atoms. The zero-order valence-corrected chi connectivity index (χ0v) is 17.4. The number of nitrogens with one attached hydrogen (secondary N) is 1. The van der Waals surface area contributed by atoms with Gasteiger partial charge in [-0.15, -0.1) is 0 Å². The number of aromatic nitrogens is 2. The quantitative estimate of drug-likeness (QED) is 0.512. The van der Waals surface area contributed by atoms with Crippen LogP contribution in [0.2, 0.25) is 5.02 Å². The van der Waals surface area contributed by atoms with E-state index in [1.54, 1.807) is 29.6 Å². The highest BCUT2D eigenvalue weighted by Gasteiger charge is 2.08. The first-order chi connectivity index (χ1) is 12.5. The highest BCUT2D eigenvalue weighted by atomic mass is 35.5. The lowest BCUT2D eigenvalue weighted by Gasteiger charge is -2.07. The predicted octanol–water partition coefficient (Wildman–Crippen LogP) is 5.77. The van der Waals surface area contributed by atoms with Gasteiger partial charge in [0.1, 0.15) is 0 Å². The Balaban J connectivity index is 1.59. The van der Waals surface area contributed by atoms with Gasteiger partial charge in [0, 0.05) is 22.0 Å². The maximum Gasteiger partial charge on any atom is 0.255 e. The first-order valence-corrected chi connectivity index (χ1v) is 11.1. The summed E-state index contributed by atoms with van der Waals surface area (Å²) in [6, 6.07) is 13.1. The molecule has 3 rings (SSSR count). The van der Waals surface area contributed by atoms with Gasteiger partial charge >= 0.3 is 0 Å². The SMILES string of the molecule is CSc1nsc(SCc2ccc(C(=O)Nc3ccc(C)c(Cl)c3)cc2)n1. The molecule has 1 heterocycles. The number of thioether (sulfide) groups is 2. The molecule has 0 aliphatic carbocycles. The van der Waals surface area contributed by atoms with Crippen LogP contribution in [0.1, 0.15) is 21.5 Å². The zero-order chi connectivity index (χ0) is 18.5. The minimum absolute atomic E-state index is 0.155. The van der Waals surface area contributed by atoms with Crippen LogP contribution in [0, 0.1) is 6.92 Å². The summed E-state index contributed by atoms with van der Waals surface area (Å²) in [4.78, 5) is 16.8. The van der Waals surface area contributed by atoms with Crippen LogP contribution >= 0.6 is 46.7 Å². The van der Waals surface area contributed by atoms with E-state index in [-0.39, 0.29) is 5.91 Å². The summed E-state index contributed by atoms with van der Waals surface area (Å²) in [5.41, 5.74) is 3.40. The van der Waals surface area contributed by atoms with Gasteiger partial charge in [-0.25, -0.2) is 4.98 Å². The van der Waals surface area contributed by atoms with Gasteiger partial charge in [-0.1, -0.05) is 53.3 Å². The number of aryl methyl sites for hydroxylation is 1. The molecule has 0 aliphatic heterocycles. The molecule has 0 radical (unpaired) electrons. The highest BCUT2D eigenvalue weighted by Crippen LogP contribution is 2.27.